The van der Waals surface area contributed by atoms with Gasteiger partial charge in [0.1, 0.15) is 0 Å². The number of nitrogens with one attached hydrogen (secondary N) is 1. The van der Waals surface area contributed by atoms with Crippen LogP contribution in [-0.2, 0) is 4.79 Å². The average molecular weight is 372 g/mol. The Balaban J connectivity index is 3.24. The second kappa shape index (κ2) is 7.07. The molecule has 0 aliphatic heterocycles. The molecule has 0 spiro atoms. The molecule has 0 saturated heterocycles. The predicted octanol–water partition coefficient (Wildman–Crippen LogP) is 4.83. The maximum absolute atomic E-state index is 12.7. The molecule has 1 rings (SSSR count). The Morgan fingerprint density at radius 2 is 1.56 bits per heavy atom. The SMILES string of the molecule is CNC(=O)[C@H](C(C)(C)C)C1(S)CCC[C@@](O)(C(C)(C)C)C(C)(C)CC1. The summed E-state index contributed by atoms with van der Waals surface area (Å²) in [6, 6.07) is 0. The van der Waals surface area contributed by atoms with Crippen molar-refractivity contribution in [3.63, 3.8) is 0 Å². The molecular weight excluding hydrogens is 330 g/mol. The highest BCUT2D eigenvalue weighted by Crippen LogP contribution is 2.55. The topological polar surface area (TPSA) is 49.3 Å². The van der Waals surface area contributed by atoms with Crippen LogP contribution in [0.5, 0.6) is 0 Å². The molecule has 0 aromatic carbocycles. The summed E-state index contributed by atoms with van der Waals surface area (Å²) in [4.78, 5) is 12.7. The lowest BCUT2D eigenvalue weighted by molar-refractivity contribution is -0.159. The lowest BCUT2D eigenvalue weighted by Crippen LogP contribution is -2.57. The van der Waals surface area contributed by atoms with Gasteiger partial charge in [-0.1, -0.05) is 55.4 Å². The standard InChI is InChI=1S/C21H41NO2S/c1-17(2,3)15(16(23)22-9)20(25)11-10-12-21(24,18(4,5)6)19(7,8)13-14-20/h15,24-25H,10-14H2,1-9H3,(H,22,23)/t15-,20?,21-/m1/s1. The third kappa shape index (κ3) is 4.37. The molecule has 0 aromatic heterocycles. The van der Waals surface area contributed by atoms with E-state index in [1.807, 2.05) is 0 Å². The van der Waals surface area contributed by atoms with E-state index in [-0.39, 0.29) is 32.8 Å². The van der Waals surface area contributed by atoms with Gasteiger partial charge >= 0.3 is 0 Å². The van der Waals surface area contributed by atoms with Crippen molar-refractivity contribution in [1.29, 1.82) is 0 Å². The van der Waals surface area contributed by atoms with Crippen molar-refractivity contribution in [2.24, 2.45) is 22.2 Å². The molecule has 1 saturated carbocycles. The Kier molecular flexibility index (Phi) is 6.45. The lowest BCUT2D eigenvalue weighted by atomic mass is 9.55. The van der Waals surface area contributed by atoms with Gasteiger partial charge in [0.15, 0.2) is 0 Å². The Bertz CT molecular complexity index is 489. The zero-order chi connectivity index (χ0) is 19.9. The van der Waals surface area contributed by atoms with Crippen LogP contribution in [0.2, 0.25) is 0 Å². The number of carbonyl (C=O) groups excluding carboxylic acids is 1. The molecule has 2 N–H and O–H groups in total. The number of rotatable bonds is 2. The largest absolute Gasteiger partial charge is 0.389 e. The van der Waals surface area contributed by atoms with Crippen LogP contribution in [0, 0.1) is 22.2 Å². The van der Waals surface area contributed by atoms with Crippen LogP contribution in [0.4, 0.5) is 0 Å². The van der Waals surface area contributed by atoms with Gasteiger partial charge in [0, 0.05) is 11.8 Å². The molecule has 1 aliphatic carbocycles. The van der Waals surface area contributed by atoms with Crippen LogP contribution >= 0.6 is 12.6 Å². The molecule has 4 heteroatoms. The van der Waals surface area contributed by atoms with Gasteiger partial charge in [-0.05, 0) is 48.3 Å². The molecule has 3 atom stereocenters. The van der Waals surface area contributed by atoms with E-state index in [1.54, 1.807) is 7.05 Å². The molecule has 1 unspecified atom stereocenters. The number of carbonyl (C=O) groups is 1. The maximum atomic E-state index is 12.7. The third-order valence-electron chi connectivity index (χ3n) is 6.60. The zero-order valence-electron chi connectivity index (χ0n) is 17.9. The van der Waals surface area contributed by atoms with Crippen LogP contribution in [0.3, 0.4) is 0 Å². The second-order valence-corrected chi connectivity index (χ2v) is 11.8. The Hall–Kier alpha value is -0.220. The fourth-order valence-corrected chi connectivity index (χ4v) is 5.89. The number of hydrogen-bond acceptors (Lipinski definition) is 3. The number of hydrogen-bond donors (Lipinski definition) is 3. The van der Waals surface area contributed by atoms with Crippen molar-refractivity contribution in [2.75, 3.05) is 7.05 Å². The summed E-state index contributed by atoms with van der Waals surface area (Å²) in [6.45, 7) is 17.1. The van der Waals surface area contributed by atoms with Crippen LogP contribution in [0.1, 0.15) is 87.5 Å². The highest BCUT2D eigenvalue weighted by Gasteiger charge is 2.55. The zero-order valence-corrected chi connectivity index (χ0v) is 18.8. The smallest absolute Gasteiger partial charge is 0.224 e. The van der Waals surface area contributed by atoms with Gasteiger partial charge in [-0.2, -0.15) is 12.6 Å². The summed E-state index contributed by atoms with van der Waals surface area (Å²) >= 11 is 5.11. The molecule has 0 radical (unpaired) electrons. The summed E-state index contributed by atoms with van der Waals surface area (Å²) in [5.41, 5.74) is -1.30. The predicted molar refractivity (Wildman–Crippen MR) is 110 cm³/mol. The van der Waals surface area contributed by atoms with E-state index in [4.69, 9.17) is 12.6 Å². The minimum atomic E-state index is -0.723. The van der Waals surface area contributed by atoms with Crippen LogP contribution in [0.25, 0.3) is 0 Å². The fraction of sp³-hybridized carbons (Fsp3) is 0.952. The lowest BCUT2D eigenvalue weighted by Gasteiger charge is -2.55. The normalized spacial score (nSPS) is 32.4. The van der Waals surface area contributed by atoms with Gasteiger partial charge < -0.3 is 10.4 Å². The van der Waals surface area contributed by atoms with Crippen LogP contribution in [-0.4, -0.2) is 28.4 Å². The van der Waals surface area contributed by atoms with E-state index in [0.717, 1.165) is 32.1 Å². The van der Waals surface area contributed by atoms with Gasteiger partial charge in [0.05, 0.1) is 11.5 Å². The molecule has 3 nitrogen and oxygen atoms in total. The highest BCUT2D eigenvalue weighted by molar-refractivity contribution is 7.81. The number of amides is 1. The van der Waals surface area contributed by atoms with Crippen molar-refractivity contribution in [2.45, 2.75) is 97.8 Å². The number of thiol groups is 1. The fourth-order valence-electron chi connectivity index (χ4n) is 5.12. The van der Waals surface area contributed by atoms with Gasteiger partial charge in [0.25, 0.3) is 0 Å². The van der Waals surface area contributed by atoms with Crippen LogP contribution < -0.4 is 5.32 Å². The quantitative estimate of drug-likeness (QED) is 0.609. The first-order valence-electron chi connectivity index (χ1n) is 9.68. The Labute approximate surface area is 161 Å². The molecule has 148 valence electrons. The van der Waals surface area contributed by atoms with Crippen molar-refractivity contribution < 1.29 is 9.90 Å². The molecule has 1 fully saturated rings. The summed E-state index contributed by atoms with van der Waals surface area (Å²) in [5, 5.41) is 14.4. The summed E-state index contributed by atoms with van der Waals surface area (Å²) < 4.78 is -0.352. The van der Waals surface area contributed by atoms with E-state index in [0.29, 0.717) is 0 Å². The van der Waals surface area contributed by atoms with E-state index >= 15 is 0 Å². The first kappa shape index (κ1) is 22.8. The minimum absolute atomic E-state index is 0.0759. The van der Waals surface area contributed by atoms with Crippen molar-refractivity contribution in [1.82, 2.24) is 5.32 Å². The maximum Gasteiger partial charge on any atom is 0.224 e. The Morgan fingerprint density at radius 3 is 1.96 bits per heavy atom. The van der Waals surface area contributed by atoms with Crippen molar-refractivity contribution in [3.8, 4) is 0 Å². The second-order valence-electron chi connectivity index (χ2n) is 10.9. The van der Waals surface area contributed by atoms with E-state index in [2.05, 4.69) is 60.7 Å². The van der Waals surface area contributed by atoms with E-state index in [1.165, 1.54) is 0 Å². The molecule has 0 aromatic rings. The summed E-state index contributed by atoms with van der Waals surface area (Å²) in [5.74, 6) is -0.0862. The molecule has 0 heterocycles. The Morgan fingerprint density at radius 1 is 1.04 bits per heavy atom. The van der Waals surface area contributed by atoms with Gasteiger partial charge in [-0.25, -0.2) is 0 Å². The molecule has 0 bridgehead atoms. The minimum Gasteiger partial charge on any atom is -0.389 e. The number of aliphatic hydroxyl groups is 1. The summed E-state index contributed by atoms with van der Waals surface area (Å²) in [7, 11) is 1.71. The van der Waals surface area contributed by atoms with Gasteiger partial charge in [0.2, 0.25) is 5.91 Å². The van der Waals surface area contributed by atoms with Gasteiger partial charge in [-0.3, -0.25) is 4.79 Å². The highest BCUT2D eigenvalue weighted by atomic mass is 32.1. The molecular formula is C21H41NO2S. The summed E-state index contributed by atoms with van der Waals surface area (Å²) in [6.07, 6.45) is 4.16. The molecule has 1 aliphatic rings. The third-order valence-corrected chi connectivity index (χ3v) is 7.31. The van der Waals surface area contributed by atoms with E-state index < -0.39 is 5.60 Å². The first-order chi connectivity index (χ1) is 11.0. The van der Waals surface area contributed by atoms with Crippen molar-refractivity contribution >= 4 is 18.5 Å². The molecule has 1 amide bonds. The first-order valence-corrected chi connectivity index (χ1v) is 10.1. The monoisotopic (exact) mass is 371 g/mol. The van der Waals surface area contributed by atoms with Gasteiger partial charge in [-0.15, -0.1) is 0 Å². The average Bonchev–Trinajstić information content (AvgIpc) is 2.41. The van der Waals surface area contributed by atoms with Crippen LogP contribution in [0.15, 0.2) is 0 Å². The van der Waals surface area contributed by atoms with Crippen molar-refractivity contribution in [3.05, 3.63) is 0 Å². The van der Waals surface area contributed by atoms with E-state index in [9.17, 15) is 9.90 Å². The molecule has 25 heavy (non-hydrogen) atoms.